The van der Waals surface area contributed by atoms with Crippen molar-refractivity contribution < 1.29 is 28.7 Å². The van der Waals surface area contributed by atoms with E-state index in [-0.39, 0.29) is 32.0 Å². The molecule has 1 aliphatic rings. The highest BCUT2D eigenvalue weighted by Gasteiger charge is 2.30. The lowest BCUT2D eigenvalue weighted by molar-refractivity contribution is -0.147. The van der Waals surface area contributed by atoms with Crippen LogP contribution in [0.25, 0.3) is 11.1 Å². The van der Waals surface area contributed by atoms with Gasteiger partial charge in [-0.05, 0) is 34.2 Å². The lowest BCUT2D eigenvalue weighted by Gasteiger charge is -2.19. The van der Waals surface area contributed by atoms with Crippen LogP contribution in [0.1, 0.15) is 42.4 Å². The van der Waals surface area contributed by atoms with Gasteiger partial charge in [0, 0.05) is 19.3 Å². The minimum absolute atomic E-state index is 0.0161. The number of amides is 3. The van der Waals surface area contributed by atoms with Gasteiger partial charge >= 0.3 is 12.1 Å². The van der Waals surface area contributed by atoms with Crippen LogP contribution in [0.15, 0.2) is 78.9 Å². The van der Waals surface area contributed by atoms with Crippen LogP contribution in [0, 0.1) is 0 Å². The Morgan fingerprint density at radius 3 is 2.03 bits per heavy atom. The predicted molar refractivity (Wildman–Crippen MR) is 136 cm³/mol. The maximum Gasteiger partial charge on any atom is 0.407 e. The Morgan fingerprint density at radius 1 is 0.811 bits per heavy atom. The van der Waals surface area contributed by atoms with E-state index in [0.717, 1.165) is 27.8 Å². The van der Waals surface area contributed by atoms with Crippen LogP contribution in [-0.2, 0) is 30.5 Å². The molecule has 0 saturated heterocycles. The number of fused-ring (bicyclic) bond motifs is 3. The number of nitrogens with one attached hydrogen (secondary N) is 2. The van der Waals surface area contributed by atoms with Crippen molar-refractivity contribution in [3.8, 4) is 11.1 Å². The molecule has 3 amide bonds. The van der Waals surface area contributed by atoms with Crippen molar-refractivity contribution in [1.82, 2.24) is 10.6 Å². The summed E-state index contributed by atoms with van der Waals surface area (Å²) in [6.07, 6.45) is -1.01. The van der Waals surface area contributed by atoms with E-state index < -0.39 is 29.9 Å². The van der Waals surface area contributed by atoms with E-state index in [1.54, 1.807) is 0 Å². The average Bonchev–Trinajstić information content (AvgIpc) is 3.22. The molecular weight excluding hydrogens is 472 g/mol. The number of hydrogen-bond acceptors (Lipinski definition) is 6. The highest BCUT2D eigenvalue weighted by molar-refractivity contribution is 5.94. The van der Waals surface area contributed by atoms with Gasteiger partial charge in [-0.15, -0.1) is 0 Å². The molecular formula is C29H28N2O6. The summed E-state index contributed by atoms with van der Waals surface area (Å²) in [5.41, 5.74) is 5.12. The van der Waals surface area contributed by atoms with Gasteiger partial charge < -0.3 is 14.8 Å². The molecule has 1 unspecified atom stereocenters. The summed E-state index contributed by atoms with van der Waals surface area (Å²) >= 11 is 0. The van der Waals surface area contributed by atoms with Gasteiger partial charge in [0.05, 0.1) is 0 Å². The number of hydrogen-bond donors (Lipinski definition) is 2. The molecule has 1 aliphatic carbocycles. The van der Waals surface area contributed by atoms with Crippen molar-refractivity contribution in [2.24, 2.45) is 0 Å². The minimum Gasteiger partial charge on any atom is -0.459 e. The Morgan fingerprint density at radius 2 is 1.41 bits per heavy atom. The fraction of sp³-hybridized carbons (Fsp3) is 0.241. The summed E-state index contributed by atoms with van der Waals surface area (Å²) in [6, 6.07) is 23.9. The summed E-state index contributed by atoms with van der Waals surface area (Å²) in [7, 11) is 0. The molecule has 0 spiro atoms. The molecule has 1 atom stereocenters. The van der Waals surface area contributed by atoms with E-state index in [2.05, 4.69) is 10.6 Å². The molecule has 8 nitrogen and oxygen atoms in total. The molecule has 0 bridgehead atoms. The zero-order valence-electron chi connectivity index (χ0n) is 20.4. The van der Waals surface area contributed by atoms with Crippen molar-refractivity contribution in [3.05, 3.63) is 95.6 Å². The second kappa shape index (κ2) is 12.0. The Kier molecular flexibility index (Phi) is 8.30. The third-order valence-electron chi connectivity index (χ3n) is 6.12. The highest BCUT2D eigenvalue weighted by atomic mass is 16.6. The molecule has 3 aromatic carbocycles. The molecule has 0 radical (unpaired) electrons. The van der Waals surface area contributed by atoms with E-state index in [1.165, 1.54) is 6.92 Å². The first-order valence-electron chi connectivity index (χ1n) is 12.0. The summed E-state index contributed by atoms with van der Waals surface area (Å²) in [5.74, 6) is -1.89. The molecule has 0 heterocycles. The molecule has 8 heteroatoms. The summed E-state index contributed by atoms with van der Waals surface area (Å²) in [6.45, 7) is 1.32. The van der Waals surface area contributed by atoms with E-state index in [4.69, 9.17) is 9.47 Å². The van der Waals surface area contributed by atoms with Crippen LogP contribution in [-0.4, -0.2) is 36.5 Å². The monoisotopic (exact) mass is 500 g/mol. The van der Waals surface area contributed by atoms with Crippen LogP contribution in [0.2, 0.25) is 0 Å². The number of carbonyl (C=O) groups excluding carboxylic acids is 4. The smallest absolute Gasteiger partial charge is 0.407 e. The maximum atomic E-state index is 12.8. The normalized spacial score (nSPS) is 12.6. The summed E-state index contributed by atoms with van der Waals surface area (Å²) in [5, 5.41) is 4.69. The number of esters is 1. The Hall–Kier alpha value is -4.46. The summed E-state index contributed by atoms with van der Waals surface area (Å²) < 4.78 is 10.9. The van der Waals surface area contributed by atoms with Crippen LogP contribution < -0.4 is 10.6 Å². The summed E-state index contributed by atoms with van der Waals surface area (Å²) in [4.78, 5) is 48.6. The van der Waals surface area contributed by atoms with Gasteiger partial charge in [-0.1, -0.05) is 78.9 Å². The van der Waals surface area contributed by atoms with E-state index in [1.807, 2.05) is 78.9 Å². The SMILES string of the molecule is CC(=O)NC(=O)CCC(NC(=O)OCC1c2ccccc2-c2ccccc21)C(=O)OCc1ccccc1. The van der Waals surface area contributed by atoms with E-state index in [9.17, 15) is 19.2 Å². The van der Waals surface area contributed by atoms with E-state index in [0.29, 0.717) is 0 Å². The fourth-order valence-electron chi connectivity index (χ4n) is 4.39. The standard InChI is InChI=1S/C29H28N2O6/c1-19(32)30-27(33)16-15-26(28(34)36-17-20-9-3-2-4-10-20)31-29(35)37-18-25-23-13-7-5-11-21(23)22-12-6-8-14-24(22)25/h2-14,25-26H,15-18H2,1H3,(H,31,35)(H,30,32,33). The van der Waals surface area contributed by atoms with Crippen molar-refractivity contribution in [2.45, 2.75) is 38.3 Å². The van der Waals surface area contributed by atoms with Crippen LogP contribution in [0.3, 0.4) is 0 Å². The van der Waals surface area contributed by atoms with Gasteiger partial charge in [0.2, 0.25) is 11.8 Å². The number of rotatable bonds is 9. The van der Waals surface area contributed by atoms with Crippen molar-refractivity contribution in [3.63, 3.8) is 0 Å². The van der Waals surface area contributed by atoms with Crippen LogP contribution >= 0.6 is 0 Å². The Bertz CT molecular complexity index is 1240. The molecule has 0 aliphatic heterocycles. The number of ether oxygens (including phenoxy) is 2. The molecule has 0 fully saturated rings. The van der Waals surface area contributed by atoms with Gasteiger partial charge in [0.1, 0.15) is 19.3 Å². The Balaban J connectivity index is 1.39. The zero-order chi connectivity index (χ0) is 26.2. The van der Waals surface area contributed by atoms with Gasteiger partial charge in [0.25, 0.3) is 0 Å². The first-order chi connectivity index (χ1) is 17.9. The van der Waals surface area contributed by atoms with E-state index >= 15 is 0 Å². The van der Waals surface area contributed by atoms with Gasteiger partial charge in [-0.25, -0.2) is 9.59 Å². The fourth-order valence-corrected chi connectivity index (χ4v) is 4.39. The number of carbonyl (C=O) groups is 4. The lowest BCUT2D eigenvalue weighted by Crippen LogP contribution is -2.43. The molecule has 37 heavy (non-hydrogen) atoms. The molecule has 2 N–H and O–H groups in total. The van der Waals surface area contributed by atoms with Crippen molar-refractivity contribution in [2.75, 3.05) is 6.61 Å². The van der Waals surface area contributed by atoms with Crippen LogP contribution in [0.4, 0.5) is 4.79 Å². The molecule has 3 aromatic rings. The highest BCUT2D eigenvalue weighted by Crippen LogP contribution is 2.44. The van der Waals surface area contributed by atoms with Gasteiger partial charge in [0.15, 0.2) is 0 Å². The Labute approximate surface area is 215 Å². The average molecular weight is 501 g/mol. The zero-order valence-corrected chi connectivity index (χ0v) is 20.4. The topological polar surface area (TPSA) is 111 Å². The third kappa shape index (κ3) is 6.61. The van der Waals surface area contributed by atoms with Crippen molar-refractivity contribution >= 4 is 23.9 Å². The van der Waals surface area contributed by atoms with Crippen molar-refractivity contribution in [1.29, 1.82) is 0 Å². The van der Waals surface area contributed by atoms with Crippen LogP contribution in [0.5, 0.6) is 0 Å². The molecule has 190 valence electrons. The second-order valence-corrected chi connectivity index (χ2v) is 8.76. The molecule has 0 saturated carbocycles. The number of imide groups is 1. The first kappa shape index (κ1) is 25.6. The minimum atomic E-state index is -1.13. The van der Waals surface area contributed by atoms with Gasteiger partial charge in [-0.2, -0.15) is 0 Å². The number of alkyl carbamates (subject to hydrolysis) is 1. The van der Waals surface area contributed by atoms with Gasteiger partial charge in [-0.3, -0.25) is 14.9 Å². The third-order valence-corrected chi connectivity index (χ3v) is 6.12. The lowest BCUT2D eigenvalue weighted by atomic mass is 9.98. The molecule has 0 aromatic heterocycles. The quantitative estimate of drug-likeness (QED) is 0.429. The maximum absolute atomic E-state index is 12.8. The molecule has 4 rings (SSSR count). The largest absolute Gasteiger partial charge is 0.459 e. The second-order valence-electron chi connectivity index (χ2n) is 8.76. The first-order valence-corrected chi connectivity index (χ1v) is 12.0. The number of benzene rings is 3. The predicted octanol–water partition coefficient (Wildman–Crippen LogP) is 4.08.